The van der Waals surface area contributed by atoms with Crippen LogP contribution in [0.5, 0.6) is 0 Å². The third kappa shape index (κ3) is 4.04. The molecule has 144 valence electrons. The lowest BCUT2D eigenvalue weighted by molar-refractivity contribution is -0.119. The van der Waals surface area contributed by atoms with Gasteiger partial charge in [0.2, 0.25) is 5.91 Å². The number of nitrogens with zero attached hydrogens (tertiary/aromatic N) is 1. The monoisotopic (exact) mass is 421 g/mol. The minimum atomic E-state index is -0.413. The molecule has 29 heavy (non-hydrogen) atoms. The van der Waals surface area contributed by atoms with Gasteiger partial charge in [0.1, 0.15) is 0 Å². The Morgan fingerprint density at radius 1 is 0.897 bits per heavy atom. The Balaban J connectivity index is 1.84. The molecule has 2 N–H and O–H groups in total. The van der Waals surface area contributed by atoms with Gasteiger partial charge in [-0.2, -0.15) is 0 Å². The van der Waals surface area contributed by atoms with Gasteiger partial charge in [-0.25, -0.2) is 4.99 Å². The molecule has 1 aliphatic heterocycles. The Kier molecular flexibility index (Phi) is 5.38. The molecule has 0 saturated carbocycles. The van der Waals surface area contributed by atoms with E-state index in [2.05, 4.69) is 10.9 Å². The van der Waals surface area contributed by atoms with Crippen molar-refractivity contribution >= 4 is 46.6 Å². The highest BCUT2D eigenvalue weighted by Crippen LogP contribution is 2.42. The predicted molar refractivity (Wildman–Crippen MR) is 115 cm³/mol. The molecule has 0 fully saturated rings. The molecule has 0 aromatic heterocycles. The predicted octanol–water partition coefficient (Wildman–Crippen LogP) is 4.75. The summed E-state index contributed by atoms with van der Waals surface area (Å²) in [6.07, 6.45) is 0. The van der Waals surface area contributed by atoms with Crippen LogP contribution in [0.25, 0.3) is 0 Å². The number of fused-ring (bicyclic) bond motifs is 2. The molecule has 5 nitrogen and oxygen atoms in total. The number of hydrogen-bond acceptors (Lipinski definition) is 4. The molecule has 0 radical (unpaired) electrons. The Bertz CT molecular complexity index is 1160. The number of rotatable bonds is 2. The number of hydrogen-bond donors (Lipinski definition) is 2. The quantitative estimate of drug-likeness (QED) is 0.458. The Morgan fingerprint density at radius 3 is 2.38 bits per heavy atom. The molecule has 3 aromatic carbocycles. The maximum atomic E-state index is 12.3. The third-order valence-corrected chi connectivity index (χ3v) is 5.77. The summed E-state index contributed by atoms with van der Waals surface area (Å²) in [5.41, 5.74) is 8.28. The lowest BCUT2D eigenvalue weighted by atomic mass is 10.0. The van der Waals surface area contributed by atoms with Crippen LogP contribution in [0.2, 0.25) is 5.02 Å². The van der Waals surface area contributed by atoms with E-state index in [1.165, 1.54) is 6.92 Å². The van der Waals surface area contributed by atoms with Crippen LogP contribution in [0.1, 0.15) is 28.4 Å². The number of benzene rings is 3. The van der Waals surface area contributed by atoms with Crippen LogP contribution in [0, 0.1) is 0 Å². The van der Waals surface area contributed by atoms with E-state index >= 15 is 0 Å². The minimum Gasteiger partial charge on any atom is -0.274 e. The highest BCUT2D eigenvalue weighted by atomic mass is 35.5. The average molecular weight is 422 g/mol. The van der Waals surface area contributed by atoms with Gasteiger partial charge in [0.15, 0.2) is 0 Å². The zero-order valence-electron chi connectivity index (χ0n) is 15.4. The number of nitrogens with one attached hydrogen (secondary N) is 2. The van der Waals surface area contributed by atoms with Crippen LogP contribution in [-0.4, -0.2) is 17.5 Å². The van der Waals surface area contributed by atoms with Crippen LogP contribution in [0.4, 0.5) is 5.69 Å². The van der Waals surface area contributed by atoms with Crippen LogP contribution in [0.15, 0.2) is 81.5 Å². The smallest absolute Gasteiger partial charge is 0.269 e. The largest absolute Gasteiger partial charge is 0.274 e. The third-order valence-electron chi connectivity index (χ3n) is 4.30. The van der Waals surface area contributed by atoms with Crippen molar-refractivity contribution in [1.29, 1.82) is 0 Å². The maximum Gasteiger partial charge on any atom is 0.269 e. The second kappa shape index (κ2) is 8.11. The first-order valence-electron chi connectivity index (χ1n) is 8.85. The van der Waals surface area contributed by atoms with Gasteiger partial charge in [-0.3, -0.25) is 20.4 Å². The van der Waals surface area contributed by atoms with Crippen molar-refractivity contribution in [3.05, 3.63) is 88.4 Å². The van der Waals surface area contributed by atoms with Crippen molar-refractivity contribution in [3.63, 3.8) is 0 Å². The van der Waals surface area contributed by atoms with Gasteiger partial charge in [-0.15, -0.1) is 0 Å². The van der Waals surface area contributed by atoms with Gasteiger partial charge in [0.25, 0.3) is 5.91 Å². The van der Waals surface area contributed by atoms with E-state index in [-0.39, 0.29) is 5.91 Å². The van der Waals surface area contributed by atoms with Gasteiger partial charge in [0.05, 0.1) is 11.4 Å². The lowest BCUT2D eigenvalue weighted by Crippen LogP contribution is -2.40. The zero-order valence-corrected chi connectivity index (χ0v) is 17.0. The molecular weight excluding hydrogens is 406 g/mol. The summed E-state index contributed by atoms with van der Waals surface area (Å²) in [4.78, 5) is 30.3. The molecule has 0 bridgehead atoms. The van der Waals surface area contributed by atoms with Crippen molar-refractivity contribution < 1.29 is 9.59 Å². The molecule has 0 aliphatic carbocycles. The van der Waals surface area contributed by atoms with E-state index in [0.29, 0.717) is 16.3 Å². The molecule has 0 atom stereocenters. The van der Waals surface area contributed by atoms with E-state index in [4.69, 9.17) is 16.6 Å². The van der Waals surface area contributed by atoms with Crippen molar-refractivity contribution in [3.8, 4) is 0 Å². The van der Waals surface area contributed by atoms with E-state index in [0.717, 1.165) is 26.6 Å². The number of carbonyl (C=O) groups excluding carboxylic acids is 2. The summed E-state index contributed by atoms with van der Waals surface area (Å²) in [6, 6.07) is 20.8. The molecular formula is C22H16ClN3O2S. The summed E-state index contributed by atoms with van der Waals surface area (Å²) < 4.78 is 0. The number of aliphatic imine (C=N–C) groups is 1. The van der Waals surface area contributed by atoms with Crippen LogP contribution < -0.4 is 10.9 Å². The molecule has 3 aromatic rings. The average Bonchev–Trinajstić information content (AvgIpc) is 2.88. The van der Waals surface area contributed by atoms with Crippen molar-refractivity contribution in [2.24, 2.45) is 4.99 Å². The molecule has 1 heterocycles. The van der Waals surface area contributed by atoms with Crippen molar-refractivity contribution in [2.75, 3.05) is 0 Å². The van der Waals surface area contributed by atoms with Crippen molar-refractivity contribution in [1.82, 2.24) is 10.9 Å². The van der Waals surface area contributed by atoms with Crippen LogP contribution in [0.3, 0.4) is 0 Å². The fraction of sp³-hybridized carbons (Fsp3) is 0.0455. The Labute approximate surface area is 177 Å². The first-order valence-corrected chi connectivity index (χ1v) is 10.0. The molecule has 0 unspecified atom stereocenters. The summed E-state index contributed by atoms with van der Waals surface area (Å²) in [7, 11) is 0. The highest BCUT2D eigenvalue weighted by molar-refractivity contribution is 7.99. The SMILES string of the molecule is CC(=O)NNC(=O)c1ccc2c(c1)N=C(c1ccccc1Cl)c1ccccc1S2. The summed E-state index contributed by atoms with van der Waals surface area (Å²) in [6.45, 7) is 1.32. The lowest BCUT2D eigenvalue weighted by Gasteiger charge is -2.10. The Hall–Kier alpha value is -3.09. The topological polar surface area (TPSA) is 70.6 Å². The number of hydrazine groups is 1. The molecule has 0 spiro atoms. The molecule has 0 saturated heterocycles. The number of amides is 2. The molecule has 2 amide bonds. The summed E-state index contributed by atoms with van der Waals surface area (Å²) in [5, 5.41) is 0.606. The van der Waals surface area contributed by atoms with Gasteiger partial charge in [-0.1, -0.05) is 59.8 Å². The van der Waals surface area contributed by atoms with Crippen LogP contribution in [-0.2, 0) is 4.79 Å². The molecule has 7 heteroatoms. The van der Waals surface area contributed by atoms with Gasteiger partial charge in [-0.05, 0) is 30.3 Å². The van der Waals surface area contributed by atoms with E-state index in [1.54, 1.807) is 23.9 Å². The minimum absolute atomic E-state index is 0.349. The molecule has 1 aliphatic rings. The first kappa shape index (κ1) is 19.2. The van der Waals surface area contributed by atoms with Gasteiger partial charge in [0, 0.05) is 38.4 Å². The van der Waals surface area contributed by atoms with E-state index < -0.39 is 5.91 Å². The fourth-order valence-electron chi connectivity index (χ4n) is 2.96. The summed E-state index contributed by atoms with van der Waals surface area (Å²) >= 11 is 8.05. The first-order chi connectivity index (χ1) is 14.0. The normalized spacial score (nSPS) is 12.1. The molecule has 4 rings (SSSR count). The number of halogens is 1. The standard InChI is InChI=1S/C22H16ClN3O2S/c1-13(27)25-26-22(28)14-10-11-20-18(12-14)24-21(15-6-2-4-8-17(15)23)16-7-3-5-9-19(16)29-20/h2-12H,1H3,(H,25,27)(H,26,28). The second-order valence-corrected chi connectivity index (χ2v) is 7.85. The van der Waals surface area contributed by atoms with Crippen molar-refractivity contribution in [2.45, 2.75) is 16.7 Å². The van der Waals surface area contributed by atoms with Gasteiger partial charge >= 0.3 is 0 Å². The van der Waals surface area contributed by atoms with Gasteiger partial charge < -0.3 is 0 Å². The second-order valence-electron chi connectivity index (χ2n) is 6.36. The zero-order chi connectivity index (χ0) is 20.4. The Morgan fingerprint density at radius 2 is 1.62 bits per heavy atom. The fourth-order valence-corrected chi connectivity index (χ4v) is 4.19. The highest BCUT2D eigenvalue weighted by Gasteiger charge is 2.21. The number of carbonyl (C=O) groups is 2. The van der Waals surface area contributed by atoms with E-state index in [9.17, 15) is 9.59 Å². The van der Waals surface area contributed by atoms with Crippen LogP contribution >= 0.6 is 23.4 Å². The maximum absolute atomic E-state index is 12.3. The summed E-state index contributed by atoms with van der Waals surface area (Å²) in [5.74, 6) is -0.762. The van der Waals surface area contributed by atoms with E-state index in [1.807, 2.05) is 54.6 Å².